The summed E-state index contributed by atoms with van der Waals surface area (Å²) in [6, 6.07) is 59.0. The lowest BCUT2D eigenvalue weighted by Gasteiger charge is -2.45. The number of rotatable bonds is 4. The molecule has 5 nitrogen and oxygen atoms in total. The van der Waals surface area contributed by atoms with Gasteiger partial charge < -0.3 is 23.7 Å². The molecular weight excluding hydrogens is 844 g/mol. The predicted octanol–water partition coefficient (Wildman–Crippen LogP) is 14.8. The topological polar surface area (TPSA) is 38.1 Å². The lowest BCUT2D eigenvalue weighted by atomic mass is 9.33. The SMILES string of the molecule is Cc1cc2c3c(c1)N(c1ccc(C(C)(C)C)cc1)c1c(ccc4c1OCO4)B3c1cc(C(C)(C)C)ccc1N2c1cc(-c2ccc3c(c2)C(C)(C)c2ccccc2-3)cc(-c2cc3ccccc3o2)c1. The highest BCUT2D eigenvalue weighted by atomic mass is 16.7. The Morgan fingerprint density at radius 1 is 0.536 bits per heavy atom. The number of hydrogen-bond donors (Lipinski definition) is 0. The molecule has 0 bridgehead atoms. The highest BCUT2D eigenvalue weighted by Gasteiger charge is 2.46. The van der Waals surface area contributed by atoms with Crippen molar-refractivity contribution in [3.05, 3.63) is 186 Å². The van der Waals surface area contributed by atoms with E-state index in [1.807, 2.05) is 6.07 Å². The van der Waals surface area contributed by atoms with Gasteiger partial charge in [0, 0.05) is 44.8 Å². The maximum Gasteiger partial charge on any atom is 0.252 e. The molecule has 4 heterocycles. The number of fused-ring (bicyclic) bond motifs is 10. The molecule has 0 amide bonds. The van der Waals surface area contributed by atoms with Crippen molar-refractivity contribution < 1.29 is 13.9 Å². The highest BCUT2D eigenvalue weighted by Crippen LogP contribution is 2.53. The van der Waals surface area contributed by atoms with E-state index in [9.17, 15) is 0 Å². The van der Waals surface area contributed by atoms with Crippen LogP contribution in [0.4, 0.5) is 34.1 Å². The van der Waals surface area contributed by atoms with Crippen LogP contribution in [0.2, 0.25) is 0 Å². The van der Waals surface area contributed by atoms with E-state index in [-0.39, 0.29) is 29.8 Å². The van der Waals surface area contributed by atoms with Crippen LogP contribution < -0.4 is 35.7 Å². The normalized spacial score (nSPS) is 14.9. The molecule has 3 aliphatic heterocycles. The minimum atomic E-state index is -0.139. The second-order valence-corrected chi connectivity index (χ2v) is 22.2. The molecule has 0 saturated carbocycles. The second kappa shape index (κ2) is 14.5. The first-order valence-electron chi connectivity index (χ1n) is 24.4. The van der Waals surface area contributed by atoms with Gasteiger partial charge in [-0.25, -0.2) is 0 Å². The number of ether oxygens (including phenoxy) is 2. The van der Waals surface area contributed by atoms with Gasteiger partial charge in [0.2, 0.25) is 6.79 Å². The maximum absolute atomic E-state index is 6.73. The van der Waals surface area contributed by atoms with E-state index in [4.69, 9.17) is 13.9 Å². The van der Waals surface area contributed by atoms with Crippen LogP contribution in [0, 0.1) is 6.92 Å². The minimum absolute atomic E-state index is 0.00978. The summed E-state index contributed by atoms with van der Waals surface area (Å²) in [6.45, 7) is 20.8. The van der Waals surface area contributed by atoms with Crippen LogP contribution in [0.1, 0.15) is 83.2 Å². The molecule has 0 N–H and O–H groups in total. The Bertz CT molecular complexity index is 3590. The highest BCUT2D eigenvalue weighted by molar-refractivity contribution is 7.00. The average Bonchev–Trinajstić information content (AvgIpc) is 4.06. The van der Waals surface area contributed by atoms with Crippen LogP contribution in [0.25, 0.3) is 44.5 Å². The molecule has 6 heteroatoms. The third kappa shape index (κ3) is 6.30. The summed E-state index contributed by atoms with van der Waals surface area (Å²) in [5.74, 6) is 2.41. The fourth-order valence-corrected chi connectivity index (χ4v) is 11.8. The number of para-hydroxylation sites is 1. The Morgan fingerprint density at radius 2 is 1.25 bits per heavy atom. The van der Waals surface area contributed by atoms with Gasteiger partial charge in [0.1, 0.15) is 11.3 Å². The number of furan rings is 1. The molecule has 13 rings (SSSR count). The first-order chi connectivity index (χ1) is 33.1. The number of aryl methyl sites for hydroxylation is 1. The molecule has 0 atom stereocenters. The summed E-state index contributed by atoms with van der Waals surface area (Å²) >= 11 is 0. The Labute approximate surface area is 406 Å². The summed E-state index contributed by atoms with van der Waals surface area (Å²) in [5.41, 5.74) is 23.5. The first kappa shape index (κ1) is 41.7. The Hall–Kier alpha value is -7.44. The fourth-order valence-electron chi connectivity index (χ4n) is 11.8. The summed E-state index contributed by atoms with van der Waals surface area (Å²) in [6.07, 6.45) is 0. The molecule has 9 aromatic rings. The molecule has 338 valence electrons. The molecule has 0 radical (unpaired) electrons. The van der Waals surface area contributed by atoms with Gasteiger partial charge >= 0.3 is 0 Å². The van der Waals surface area contributed by atoms with E-state index in [1.165, 1.54) is 60.9 Å². The number of hydrogen-bond acceptors (Lipinski definition) is 5. The van der Waals surface area contributed by atoms with E-state index < -0.39 is 0 Å². The summed E-state index contributed by atoms with van der Waals surface area (Å²) in [7, 11) is 0. The lowest BCUT2D eigenvalue weighted by molar-refractivity contribution is 0.174. The van der Waals surface area contributed by atoms with Crippen molar-refractivity contribution in [3.8, 4) is 45.1 Å². The number of benzene rings is 8. The zero-order valence-corrected chi connectivity index (χ0v) is 40.9. The minimum Gasteiger partial charge on any atom is -0.456 e. The molecule has 0 unspecified atom stereocenters. The van der Waals surface area contributed by atoms with Gasteiger partial charge in [-0.15, -0.1) is 0 Å². The van der Waals surface area contributed by atoms with E-state index in [0.29, 0.717) is 0 Å². The van der Waals surface area contributed by atoms with Crippen molar-refractivity contribution in [1.82, 2.24) is 0 Å². The summed E-state index contributed by atoms with van der Waals surface area (Å²) < 4.78 is 19.3. The van der Waals surface area contributed by atoms with E-state index >= 15 is 0 Å². The summed E-state index contributed by atoms with van der Waals surface area (Å²) in [5, 5.41) is 1.08. The summed E-state index contributed by atoms with van der Waals surface area (Å²) in [4.78, 5) is 4.97. The standard InChI is InChI=1S/C63H55BN2O3/c1-37-28-53-58-54(29-37)66(44-22-19-42(20-23-44)61(2,3)4)59-50(25-27-56-60(59)68-36-67-56)64(58)51-35-43(62(5,6)7)21-26-52(51)65(53)45-31-40(30-41(32-45)57-34-39-14-10-13-17-55(39)69-57)38-18-24-47-46-15-11-12-16-48(46)63(8,9)49(47)33-38/h10-35H,36H2,1-9H3. The predicted molar refractivity (Wildman–Crippen MR) is 287 cm³/mol. The first-order valence-corrected chi connectivity index (χ1v) is 24.4. The van der Waals surface area contributed by atoms with E-state index in [1.54, 1.807) is 0 Å². The van der Waals surface area contributed by atoms with Crippen molar-refractivity contribution in [1.29, 1.82) is 0 Å². The van der Waals surface area contributed by atoms with Crippen LogP contribution in [0.15, 0.2) is 162 Å². The van der Waals surface area contributed by atoms with Gasteiger partial charge in [-0.05, 0) is 157 Å². The van der Waals surface area contributed by atoms with Gasteiger partial charge in [0.15, 0.2) is 11.5 Å². The molecule has 0 fully saturated rings. The maximum atomic E-state index is 6.73. The average molecular weight is 899 g/mol. The number of anilines is 6. The lowest BCUT2D eigenvalue weighted by Crippen LogP contribution is -2.61. The third-order valence-corrected chi connectivity index (χ3v) is 15.4. The third-order valence-electron chi connectivity index (χ3n) is 15.4. The van der Waals surface area contributed by atoms with Gasteiger partial charge in [0.05, 0.1) is 5.69 Å². The molecule has 1 aliphatic carbocycles. The van der Waals surface area contributed by atoms with Crippen LogP contribution in [0.3, 0.4) is 0 Å². The van der Waals surface area contributed by atoms with Crippen molar-refractivity contribution in [3.63, 3.8) is 0 Å². The van der Waals surface area contributed by atoms with E-state index in [0.717, 1.165) is 73.5 Å². The van der Waals surface area contributed by atoms with Gasteiger partial charge in [0.25, 0.3) is 6.71 Å². The van der Waals surface area contributed by atoms with Crippen LogP contribution in [-0.4, -0.2) is 13.5 Å². The Balaban J connectivity index is 1.09. The molecule has 8 aromatic carbocycles. The molecule has 0 spiro atoms. The van der Waals surface area contributed by atoms with Gasteiger partial charge in [-0.1, -0.05) is 140 Å². The van der Waals surface area contributed by atoms with E-state index in [2.05, 4.69) is 224 Å². The molecule has 4 aliphatic rings. The van der Waals surface area contributed by atoms with Crippen molar-refractivity contribution in [2.45, 2.75) is 78.6 Å². The largest absolute Gasteiger partial charge is 0.456 e. The molecule has 0 saturated heterocycles. The van der Waals surface area contributed by atoms with Crippen molar-refractivity contribution >= 4 is 68.2 Å². The zero-order valence-electron chi connectivity index (χ0n) is 40.9. The monoisotopic (exact) mass is 898 g/mol. The molecular formula is C63H55BN2O3. The van der Waals surface area contributed by atoms with Crippen LogP contribution in [-0.2, 0) is 16.2 Å². The van der Waals surface area contributed by atoms with Gasteiger partial charge in [-0.2, -0.15) is 0 Å². The van der Waals surface area contributed by atoms with Crippen molar-refractivity contribution in [2.24, 2.45) is 0 Å². The second-order valence-electron chi connectivity index (χ2n) is 22.2. The smallest absolute Gasteiger partial charge is 0.252 e. The van der Waals surface area contributed by atoms with Crippen molar-refractivity contribution in [2.75, 3.05) is 16.6 Å². The zero-order chi connectivity index (χ0) is 47.3. The van der Waals surface area contributed by atoms with Gasteiger partial charge in [-0.3, -0.25) is 0 Å². The fraction of sp³-hybridized carbons (Fsp3) is 0.206. The molecule has 1 aromatic heterocycles. The van der Waals surface area contributed by atoms with Crippen LogP contribution >= 0.6 is 0 Å². The molecule has 69 heavy (non-hydrogen) atoms. The number of nitrogens with zero attached hydrogens (tertiary/aromatic N) is 2. The van der Waals surface area contributed by atoms with Crippen LogP contribution in [0.5, 0.6) is 11.5 Å². The Morgan fingerprint density at radius 3 is 2.03 bits per heavy atom. The Kier molecular flexibility index (Phi) is 8.79. The quantitative estimate of drug-likeness (QED) is 0.165.